The van der Waals surface area contributed by atoms with E-state index in [1.807, 2.05) is 0 Å². The molecule has 0 radical (unpaired) electrons. The zero-order valence-electron chi connectivity index (χ0n) is 17.2. The van der Waals surface area contributed by atoms with Gasteiger partial charge in [0.05, 0.1) is 19.0 Å². The maximum absolute atomic E-state index is 12.5. The van der Waals surface area contributed by atoms with Crippen LogP contribution in [0.4, 0.5) is 0 Å². The van der Waals surface area contributed by atoms with Crippen LogP contribution in [0.1, 0.15) is 24.8 Å². The Hall–Kier alpha value is -3.67. The molecule has 1 aliphatic heterocycles. The Morgan fingerprint density at radius 1 is 1.12 bits per heavy atom. The number of nitrogens with two attached hydrogens (primary N) is 1. The number of carboxylic acid groups (broad SMARTS) is 2. The number of phenolic OH excluding ortho intramolecular Hbond substituents is 1. The number of amides is 3. The number of phenols is 1. The van der Waals surface area contributed by atoms with Crippen LogP contribution in [0.25, 0.3) is 0 Å². The molecule has 0 bridgehead atoms. The Morgan fingerprint density at radius 2 is 1.78 bits per heavy atom. The lowest BCUT2D eigenvalue weighted by molar-refractivity contribution is -0.144. The second kappa shape index (κ2) is 11.1. The summed E-state index contributed by atoms with van der Waals surface area (Å²) in [7, 11) is 0. The van der Waals surface area contributed by atoms with Crippen molar-refractivity contribution in [2.75, 3.05) is 13.1 Å². The van der Waals surface area contributed by atoms with E-state index in [-0.39, 0.29) is 18.7 Å². The molecule has 1 aromatic rings. The minimum Gasteiger partial charge on any atom is -0.508 e. The molecule has 1 saturated heterocycles. The van der Waals surface area contributed by atoms with Crippen LogP contribution < -0.4 is 16.4 Å². The number of nitrogens with one attached hydrogen (secondary N) is 2. The second-order valence-electron chi connectivity index (χ2n) is 7.44. The van der Waals surface area contributed by atoms with Gasteiger partial charge in [-0.2, -0.15) is 0 Å². The summed E-state index contributed by atoms with van der Waals surface area (Å²) in [6.45, 7) is -0.262. The van der Waals surface area contributed by atoms with Gasteiger partial charge in [0, 0.05) is 13.0 Å². The Labute approximate surface area is 183 Å². The highest BCUT2D eigenvalue weighted by atomic mass is 16.4. The van der Waals surface area contributed by atoms with Crippen molar-refractivity contribution in [1.29, 1.82) is 0 Å². The van der Waals surface area contributed by atoms with Gasteiger partial charge in [0.2, 0.25) is 17.7 Å². The van der Waals surface area contributed by atoms with Crippen molar-refractivity contribution in [3.63, 3.8) is 0 Å². The van der Waals surface area contributed by atoms with Gasteiger partial charge in [-0.25, -0.2) is 4.79 Å². The van der Waals surface area contributed by atoms with Gasteiger partial charge in [-0.1, -0.05) is 12.1 Å². The Bertz CT molecular complexity index is 873. The van der Waals surface area contributed by atoms with Crippen LogP contribution in [0.2, 0.25) is 0 Å². The van der Waals surface area contributed by atoms with Crippen LogP contribution in [-0.4, -0.2) is 81.1 Å². The summed E-state index contributed by atoms with van der Waals surface area (Å²) in [6.07, 6.45) is 0.256. The molecule has 32 heavy (non-hydrogen) atoms. The zero-order chi connectivity index (χ0) is 23.8. The highest BCUT2D eigenvalue weighted by Gasteiger charge is 2.36. The Kier molecular flexibility index (Phi) is 8.53. The van der Waals surface area contributed by atoms with Crippen LogP contribution in [0.5, 0.6) is 5.75 Å². The van der Waals surface area contributed by atoms with E-state index in [2.05, 4.69) is 10.6 Å². The first kappa shape index (κ1) is 24.6. The molecule has 3 amide bonds. The molecular formula is C20H26N4O8. The van der Waals surface area contributed by atoms with E-state index in [4.69, 9.17) is 10.8 Å². The third-order valence-electron chi connectivity index (χ3n) is 4.98. The monoisotopic (exact) mass is 450 g/mol. The number of likely N-dealkylation sites (tertiary alicyclic amines) is 1. The van der Waals surface area contributed by atoms with E-state index >= 15 is 0 Å². The van der Waals surface area contributed by atoms with Crippen molar-refractivity contribution >= 4 is 29.7 Å². The van der Waals surface area contributed by atoms with Gasteiger partial charge in [-0.15, -0.1) is 0 Å². The number of carboxylic acids is 2. The van der Waals surface area contributed by atoms with Gasteiger partial charge in [-0.3, -0.25) is 19.2 Å². The number of aromatic hydroxyl groups is 1. The van der Waals surface area contributed by atoms with Crippen molar-refractivity contribution in [3.8, 4) is 5.75 Å². The number of rotatable bonds is 10. The van der Waals surface area contributed by atoms with E-state index in [1.165, 1.54) is 29.2 Å². The third-order valence-corrected chi connectivity index (χ3v) is 4.98. The van der Waals surface area contributed by atoms with Crippen LogP contribution in [0, 0.1) is 0 Å². The average molecular weight is 450 g/mol. The maximum Gasteiger partial charge on any atom is 0.326 e. The predicted molar refractivity (Wildman–Crippen MR) is 109 cm³/mol. The van der Waals surface area contributed by atoms with Crippen LogP contribution in [0.15, 0.2) is 24.3 Å². The smallest absolute Gasteiger partial charge is 0.326 e. The van der Waals surface area contributed by atoms with E-state index in [0.29, 0.717) is 18.4 Å². The van der Waals surface area contributed by atoms with Crippen LogP contribution >= 0.6 is 0 Å². The van der Waals surface area contributed by atoms with E-state index in [9.17, 15) is 34.2 Å². The standard InChI is InChI=1S/C20H26N4O8/c21-13(9-17(27)28)19(30)24-7-1-2-15(24)18(29)22-10-16(26)23-14(20(31)32)8-11-3-5-12(25)6-4-11/h3-6,13-15,25H,1-2,7-10,21H2,(H,22,29)(H,23,26)(H,27,28)(H,31,32). The lowest BCUT2D eigenvalue weighted by Gasteiger charge is -2.26. The fraction of sp³-hybridized carbons (Fsp3) is 0.450. The Balaban J connectivity index is 1.89. The average Bonchev–Trinajstić information content (AvgIpc) is 3.21. The molecule has 1 fully saturated rings. The largest absolute Gasteiger partial charge is 0.508 e. The highest BCUT2D eigenvalue weighted by Crippen LogP contribution is 2.19. The number of carbonyl (C=O) groups excluding carboxylic acids is 3. The van der Waals surface area contributed by atoms with Crippen molar-refractivity contribution < 1.29 is 39.3 Å². The molecule has 2 rings (SSSR count). The highest BCUT2D eigenvalue weighted by molar-refractivity contribution is 5.94. The quantitative estimate of drug-likeness (QED) is 0.243. The minimum absolute atomic E-state index is 0.0238. The number of benzene rings is 1. The first-order valence-electron chi connectivity index (χ1n) is 9.94. The summed E-state index contributed by atoms with van der Waals surface area (Å²) in [5.74, 6) is -4.48. The summed E-state index contributed by atoms with van der Waals surface area (Å²) in [6, 6.07) is 2.44. The van der Waals surface area contributed by atoms with Gasteiger partial charge in [0.25, 0.3) is 0 Å². The molecule has 3 unspecified atom stereocenters. The van der Waals surface area contributed by atoms with Crippen molar-refractivity contribution in [2.24, 2.45) is 5.73 Å². The number of aliphatic carboxylic acids is 2. The topological polar surface area (TPSA) is 199 Å². The second-order valence-corrected chi connectivity index (χ2v) is 7.44. The van der Waals surface area contributed by atoms with Gasteiger partial charge >= 0.3 is 11.9 Å². The van der Waals surface area contributed by atoms with E-state index in [0.717, 1.165) is 0 Å². The van der Waals surface area contributed by atoms with Gasteiger partial charge in [0.1, 0.15) is 17.8 Å². The first-order chi connectivity index (χ1) is 15.1. The molecule has 12 nitrogen and oxygen atoms in total. The molecule has 1 aliphatic rings. The van der Waals surface area contributed by atoms with E-state index in [1.54, 1.807) is 0 Å². The fourth-order valence-corrected chi connectivity index (χ4v) is 3.39. The number of carbonyl (C=O) groups is 5. The number of nitrogens with zero attached hydrogens (tertiary/aromatic N) is 1. The summed E-state index contributed by atoms with van der Waals surface area (Å²) in [5, 5.41) is 32.1. The maximum atomic E-state index is 12.5. The van der Waals surface area contributed by atoms with Crippen molar-refractivity contribution in [1.82, 2.24) is 15.5 Å². The summed E-state index contributed by atoms with van der Waals surface area (Å²) < 4.78 is 0. The number of hydrogen-bond acceptors (Lipinski definition) is 7. The molecular weight excluding hydrogens is 424 g/mol. The molecule has 1 heterocycles. The Morgan fingerprint density at radius 3 is 2.38 bits per heavy atom. The summed E-state index contributed by atoms with van der Waals surface area (Å²) >= 11 is 0. The molecule has 174 valence electrons. The molecule has 12 heteroatoms. The molecule has 7 N–H and O–H groups in total. The minimum atomic E-state index is -1.28. The summed E-state index contributed by atoms with van der Waals surface area (Å²) in [5.41, 5.74) is 6.18. The van der Waals surface area contributed by atoms with Crippen LogP contribution in [-0.2, 0) is 30.4 Å². The molecule has 0 aliphatic carbocycles. The van der Waals surface area contributed by atoms with Gasteiger partial charge in [0.15, 0.2) is 0 Å². The van der Waals surface area contributed by atoms with Gasteiger partial charge in [-0.05, 0) is 30.5 Å². The normalized spacial score (nSPS) is 17.3. The molecule has 0 aromatic heterocycles. The van der Waals surface area contributed by atoms with Crippen LogP contribution in [0.3, 0.4) is 0 Å². The molecule has 1 aromatic carbocycles. The summed E-state index contributed by atoms with van der Waals surface area (Å²) in [4.78, 5) is 60.4. The van der Waals surface area contributed by atoms with Gasteiger partial charge < -0.3 is 36.6 Å². The SMILES string of the molecule is NC(CC(=O)O)C(=O)N1CCCC1C(=O)NCC(=O)NC(Cc1ccc(O)cc1)C(=O)O. The molecule has 3 atom stereocenters. The molecule has 0 saturated carbocycles. The molecule has 0 spiro atoms. The third kappa shape index (κ3) is 6.94. The van der Waals surface area contributed by atoms with Crippen molar-refractivity contribution in [2.45, 2.75) is 43.8 Å². The lowest BCUT2D eigenvalue weighted by Crippen LogP contribution is -2.53. The lowest BCUT2D eigenvalue weighted by atomic mass is 10.1. The fourth-order valence-electron chi connectivity index (χ4n) is 3.39. The predicted octanol–water partition coefficient (Wildman–Crippen LogP) is -1.59. The van der Waals surface area contributed by atoms with Crippen molar-refractivity contribution in [3.05, 3.63) is 29.8 Å². The van der Waals surface area contributed by atoms with E-state index < -0.39 is 60.8 Å². The number of hydrogen-bond donors (Lipinski definition) is 6. The zero-order valence-corrected chi connectivity index (χ0v) is 17.2. The first-order valence-corrected chi connectivity index (χ1v) is 9.94.